The molecule has 2 saturated carbocycles. The van der Waals surface area contributed by atoms with Crippen LogP contribution in [0.3, 0.4) is 0 Å². The monoisotopic (exact) mass is 393 g/mol. The molecule has 2 aliphatic rings. The molecular weight excluding hydrogens is 358 g/mol. The summed E-state index contributed by atoms with van der Waals surface area (Å²) in [6.07, 6.45) is 8.56. The number of nitrogens with zero attached hydrogens (tertiary/aromatic N) is 1. The second-order valence-corrected chi connectivity index (χ2v) is 9.98. The molecule has 6 unspecified atom stereocenters. The van der Waals surface area contributed by atoms with Crippen molar-refractivity contribution in [2.45, 2.75) is 91.3 Å². The number of fused-ring (bicyclic) bond motifs is 1. The van der Waals surface area contributed by atoms with Crippen LogP contribution >= 0.6 is 11.3 Å². The lowest BCUT2D eigenvalue weighted by Crippen LogP contribution is -2.41. The van der Waals surface area contributed by atoms with E-state index >= 15 is 0 Å². The van der Waals surface area contributed by atoms with Crippen molar-refractivity contribution in [1.82, 2.24) is 4.98 Å². The molecule has 1 aromatic rings. The Bertz CT molecular complexity index is 645. The molecule has 27 heavy (non-hydrogen) atoms. The molecule has 1 heterocycles. The average Bonchev–Trinajstić information content (AvgIpc) is 3.17. The molecule has 5 heteroatoms. The Hall–Kier alpha value is -0.940. The van der Waals surface area contributed by atoms with Gasteiger partial charge in [0.1, 0.15) is 5.01 Å². The molecule has 2 aliphatic carbocycles. The Morgan fingerprint density at radius 3 is 2.85 bits per heavy atom. The highest BCUT2D eigenvalue weighted by atomic mass is 32.1. The summed E-state index contributed by atoms with van der Waals surface area (Å²) in [5.41, 5.74) is 1.29. The van der Waals surface area contributed by atoms with Gasteiger partial charge in [0.15, 0.2) is 6.10 Å². The minimum absolute atomic E-state index is 0.0950. The van der Waals surface area contributed by atoms with Crippen LogP contribution in [0, 0.1) is 30.1 Å². The van der Waals surface area contributed by atoms with E-state index in [0.717, 1.165) is 42.8 Å². The van der Waals surface area contributed by atoms with Crippen molar-refractivity contribution in [2.75, 3.05) is 0 Å². The van der Waals surface area contributed by atoms with Crippen molar-refractivity contribution in [3.63, 3.8) is 0 Å². The van der Waals surface area contributed by atoms with E-state index < -0.39 is 0 Å². The van der Waals surface area contributed by atoms with E-state index in [1.165, 1.54) is 26.2 Å². The topological polar surface area (TPSA) is 59.4 Å². The van der Waals surface area contributed by atoms with Crippen molar-refractivity contribution in [3.8, 4) is 0 Å². The van der Waals surface area contributed by atoms with Gasteiger partial charge in [-0.2, -0.15) is 0 Å². The lowest BCUT2D eigenvalue weighted by molar-refractivity contribution is -0.147. The number of carbonyl (C=O) groups is 1. The van der Waals surface area contributed by atoms with Gasteiger partial charge in [0.2, 0.25) is 0 Å². The zero-order valence-electron chi connectivity index (χ0n) is 17.2. The summed E-state index contributed by atoms with van der Waals surface area (Å²) in [5.74, 6) is 1.60. The molecule has 0 saturated heterocycles. The highest BCUT2D eigenvalue weighted by Gasteiger charge is 2.51. The van der Waals surface area contributed by atoms with Gasteiger partial charge in [-0.15, -0.1) is 11.3 Å². The van der Waals surface area contributed by atoms with E-state index in [9.17, 15) is 9.90 Å². The fourth-order valence-corrected chi connectivity index (χ4v) is 6.76. The largest absolute Gasteiger partial charge is 0.455 e. The average molecular weight is 394 g/mol. The van der Waals surface area contributed by atoms with Crippen molar-refractivity contribution >= 4 is 17.3 Å². The van der Waals surface area contributed by atoms with Gasteiger partial charge in [-0.05, 0) is 68.6 Å². The van der Waals surface area contributed by atoms with E-state index in [1.54, 1.807) is 11.3 Å². The summed E-state index contributed by atoms with van der Waals surface area (Å²) >= 11 is 1.58. The molecule has 2 fully saturated rings. The fourth-order valence-electron chi connectivity index (χ4n) is 5.90. The number of aryl methyl sites for hydroxylation is 1. The lowest BCUT2D eigenvalue weighted by Gasteiger charge is -2.45. The maximum Gasteiger partial charge on any atom is 0.303 e. The number of ether oxygens (including phenoxy) is 1. The second kappa shape index (κ2) is 8.60. The van der Waals surface area contributed by atoms with Gasteiger partial charge in [-0.25, -0.2) is 4.98 Å². The third-order valence-electron chi connectivity index (χ3n) is 7.20. The van der Waals surface area contributed by atoms with E-state index in [2.05, 4.69) is 18.8 Å². The van der Waals surface area contributed by atoms with Crippen LogP contribution in [0.5, 0.6) is 0 Å². The van der Waals surface area contributed by atoms with Crippen LogP contribution in [0.4, 0.5) is 0 Å². The standard InChI is InChI=1S/C22H35NO3S/c1-14(17-10-11-18-19(25)8-6-12-22(17,18)4)7-5-9-20(26-16(3)24)21-23-15(2)13-27-21/h13-14,17-20,25H,5-12H2,1-4H3. The molecule has 1 N–H and O–H groups in total. The first-order chi connectivity index (χ1) is 12.8. The van der Waals surface area contributed by atoms with Gasteiger partial charge in [0.05, 0.1) is 6.10 Å². The van der Waals surface area contributed by atoms with Crippen molar-refractivity contribution < 1.29 is 14.6 Å². The Labute approximate surface area is 167 Å². The van der Waals surface area contributed by atoms with Gasteiger partial charge in [0.25, 0.3) is 0 Å². The van der Waals surface area contributed by atoms with Gasteiger partial charge in [-0.3, -0.25) is 4.79 Å². The summed E-state index contributed by atoms with van der Waals surface area (Å²) < 4.78 is 5.55. The van der Waals surface area contributed by atoms with Crippen molar-refractivity contribution in [1.29, 1.82) is 0 Å². The number of hydrogen-bond acceptors (Lipinski definition) is 5. The first-order valence-corrected chi connectivity index (χ1v) is 11.5. The number of aromatic nitrogens is 1. The van der Waals surface area contributed by atoms with Crippen LogP contribution in [-0.2, 0) is 9.53 Å². The van der Waals surface area contributed by atoms with Crippen LogP contribution in [0.15, 0.2) is 5.38 Å². The van der Waals surface area contributed by atoms with Gasteiger partial charge >= 0.3 is 5.97 Å². The maximum atomic E-state index is 11.5. The minimum Gasteiger partial charge on any atom is -0.455 e. The van der Waals surface area contributed by atoms with Gasteiger partial charge in [0, 0.05) is 18.0 Å². The molecular formula is C22H35NO3S. The van der Waals surface area contributed by atoms with Crippen LogP contribution in [0.1, 0.15) is 88.9 Å². The van der Waals surface area contributed by atoms with Crippen LogP contribution in [0.2, 0.25) is 0 Å². The SMILES string of the molecule is CC(=O)OC(CCCC(C)C1CCC2C(O)CCCC12C)c1nc(C)cs1. The molecule has 0 amide bonds. The smallest absolute Gasteiger partial charge is 0.303 e. The van der Waals surface area contributed by atoms with Crippen molar-refractivity contribution in [3.05, 3.63) is 16.1 Å². The highest BCUT2D eigenvalue weighted by molar-refractivity contribution is 7.09. The molecule has 4 nitrogen and oxygen atoms in total. The summed E-state index contributed by atoms with van der Waals surface area (Å²) in [6, 6.07) is 0. The van der Waals surface area contributed by atoms with E-state index in [0.29, 0.717) is 23.2 Å². The first kappa shape index (κ1) is 20.8. The number of rotatable bonds is 7. The van der Waals surface area contributed by atoms with E-state index in [-0.39, 0.29) is 18.2 Å². The lowest BCUT2D eigenvalue weighted by atomic mass is 9.61. The normalized spacial score (nSPS) is 32.7. The molecule has 0 radical (unpaired) electrons. The number of hydrogen-bond donors (Lipinski definition) is 1. The number of carbonyl (C=O) groups excluding carboxylic acids is 1. The van der Waals surface area contributed by atoms with Gasteiger partial charge < -0.3 is 9.84 Å². The predicted octanol–water partition coefficient (Wildman–Crippen LogP) is 5.44. The number of thiazole rings is 1. The molecule has 6 atom stereocenters. The van der Waals surface area contributed by atoms with Crippen LogP contribution < -0.4 is 0 Å². The summed E-state index contributed by atoms with van der Waals surface area (Å²) in [7, 11) is 0. The van der Waals surface area contributed by atoms with E-state index in [4.69, 9.17) is 4.74 Å². The quantitative estimate of drug-likeness (QED) is 0.627. The Balaban J connectivity index is 1.56. The van der Waals surface area contributed by atoms with E-state index in [1.807, 2.05) is 12.3 Å². The summed E-state index contributed by atoms with van der Waals surface area (Å²) in [6.45, 7) is 8.26. The number of aliphatic hydroxyl groups is 1. The number of aliphatic hydroxyl groups excluding tert-OH is 1. The Morgan fingerprint density at radius 1 is 1.41 bits per heavy atom. The molecule has 1 aromatic heterocycles. The molecule has 3 rings (SSSR count). The maximum absolute atomic E-state index is 11.5. The molecule has 152 valence electrons. The summed E-state index contributed by atoms with van der Waals surface area (Å²) in [4.78, 5) is 16.0. The second-order valence-electron chi connectivity index (χ2n) is 9.09. The molecule has 0 bridgehead atoms. The Morgan fingerprint density at radius 2 is 2.19 bits per heavy atom. The van der Waals surface area contributed by atoms with Crippen LogP contribution in [-0.4, -0.2) is 22.2 Å². The fraction of sp³-hybridized carbons (Fsp3) is 0.818. The zero-order chi connectivity index (χ0) is 19.6. The first-order valence-electron chi connectivity index (χ1n) is 10.6. The number of esters is 1. The molecule has 0 aromatic carbocycles. The third-order valence-corrected chi connectivity index (χ3v) is 8.25. The third kappa shape index (κ3) is 4.56. The molecule has 0 aliphatic heterocycles. The predicted molar refractivity (Wildman–Crippen MR) is 109 cm³/mol. The molecule has 0 spiro atoms. The minimum atomic E-state index is -0.233. The summed E-state index contributed by atoms with van der Waals surface area (Å²) in [5, 5.41) is 13.4. The van der Waals surface area contributed by atoms with Crippen molar-refractivity contribution in [2.24, 2.45) is 23.2 Å². The Kier molecular flexibility index (Phi) is 6.62. The van der Waals surface area contributed by atoms with Gasteiger partial charge in [-0.1, -0.05) is 26.7 Å². The zero-order valence-corrected chi connectivity index (χ0v) is 18.1. The van der Waals surface area contributed by atoms with Crippen LogP contribution in [0.25, 0.3) is 0 Å². The highest BCUT2D eigenvalue weighted by Crippen LogP contribution is 2.58.